The van der Waals surface area contributed by atoms with Gasteiger partial charge in [-0.2, -0.15) is 0 Å². The molecule has 7 heteroatoms. The van der Waals surface area contributed by atoms with Crippen LogP contribution in [0.3, 0.4) is 0 Å². The second-order valence-electron chi connectivity index (χ2n) is 6.11. The number of imidazole rings is 1. The van der Waals surface area contributed by atoms with Crippen molar-refractivity contribution in [1.29, 1.82) is 0 Å². The molecule has 2 heterocycles. The van der Waals surface area contributed by atoms with E-state index < -0.39 is 6.04 Å². The van der Waals surface area contributed by atoms with Crippen molar-refractivity contribution in [3.05, 3.63) is 77.3 Å². The second-order valence-corrected chi connectivity index (χ2v) is 7.00. The van der Waals surface area contributed by atoms with E-state index in [0.717, 1.165) is 27.4 Å². The third-order valence-electron chi connectivity index (χ3n) is 4.41. The fourth-order valence-corrected chi connectivity index (χ4v) is 3.70. The highest BCUT2D eigenvalue weighted by Gasteiger charge is 2.22. The maximum Gasteiger partial charge on any atom is 0.252 e. The van der Waals surface area contributed by atoms with Gasteiger partial charge in [0.25, 0.3) is 5.91 Å². The van der Waals surface area contributed by atoms with Crippen LogP contribution in [-0.4, -0.2) is 27.6 Å². The number of carbonyl (C=O) groups excluding carboxylic acids is 1. The van der Waals surface area contributed by atoms with E-state index in [1.165, 1.54) is 11.3 Å². The number of amides is 1. The van der Waals surface area contributed by atoms with Crippen LogP contribution >= 0.6 is 11.3 Å². The quantitative estimate of drug-likeness (QED) is 0.577. The lowest BCUT2D eigenvalue weighted by atomic mass is 10.0. The molecule has 4 aromatic rings. The number of aromatic nitrogens is 3. The molecule has 0 aliphatic heterocycles. The highest BCUT2D eigenvalue weighted by Crippen LogP contribution is 2.25. The van der Waals surface area contributed by atoms with E-state index in [-0.39, 0.29) is 5.91 Å². The Morgan fingerprint density at radius 2 is 2.11 bits per heavy atom. The van der Waals surface area contributed by atoms with Crippen LogP contribution in [0.2, 0.25) is 0 Å². The number of hydrogen-bond donors (Lipinski definition) is 1. The number of fused-ring (bicyclic) bond motifs is 1. The van der Waals surface area contributed by atoms with E-state index in [9.17, 15) is 4.79 Å². The number of thiazole rings is 1. The van der Waals surface area contributed by atoms with Crippen LogP contribution in [0.25, 0.3) is 10.2 Å². The largest absolute Gasteiger partial charge is 0.497 e. The first-order chi connectivity index (χ1) is 13.2. The van der Waals surface area contributed by atoms with E-state index >= 15 is 0 Å². The van der Waals surface area contributed by atoms with Gasteiger partial charge in [0.05, 0.1) is 22.8 Å². The minimum atomic E-state index is -0.398. The molecule has 0 aliphatic carbocycles. The zero-order valence-electron chi connectivity index (χ0n) is 14.9. The first kappa shape index (κ1) is 17.2. The van der Waals surface area contributed by atoms with Gasteiger partial charge < -0.3 is 14.6 Å². The maximum absolute atomic E-state index is 13.0. The number of nitrogens with one attached hydrogen (secondary N) is 1. The number of carbonyl (C=O) groups is 1. The molecule has 0 saturated heterocycles. The third-order valence-corrected chi connectivity index (χ3v) is 5.20. The van der Waals surface area contributed by atoms with Crippen LogP contribution < -0.4 is 10.1 Å². The summed E-state index contributed by atoms with van der Waals surface area (Å²) in [5, 5.41) is 3.11. The van der Waals surface area contributed by atoms with Crippen LogP contribution in [0.4, 0.5) is 0 Å². The molecule has 6 nitrogen and oxygen atoms in total. The van der Waals surface area contributed by atoms with Crippen molar-refractivity contribution in [2.45, 2.75) is 6.04 Å². The molecule has 0 fully saturated rings. The number of benzene rings is 2. The molecular formula is C20H18N4O2S. The normalized spacial score (nSPS) is 12.1. The molecular weight excluding hydrogens is 360 g/mol. The Bertz CT molecular complexity index is 1100. The van der Waals surface area contributed by atoms with Crippen molar-refractivity contribution in [3.8, 4) is 5.75 Å². The number of methoxy groups -OCH3 is 1. The molecule has 0 bridgehead atoms. The molecule has 2 aromatic heterocycles. The lowest BCUT2D eigenvalue weighted by Gasteiger charge is -2.20. The first-order valence-corrected chi connectivity index (χ1v) is 9.29. The first-order valence-electron chi connectivity index (χ1n) is 8.41. The van der Waals surface area contributed by atoms with Crippen LogP contribution in [0.15, 0.2) is 60.4 Å². The van der Waals surface area contributed by atoms with Crippen molar-refractivity contribution in [2.24, 2.45) is 7.05 Å². The minimum Gasteiger partial charge on any atom is -0.497 e. The van der Waals surface area contributed by atoms with Crippen LogP contribution in [-0.2, 0) is 7.05 Å². The third kappa shape index (κ3) is 3.41. The Hall–Kier alpha value is -3.19. The molecule has 27 heavy (non-hydrogen) atoms. The van der Waals surface area contributed by atoms with Gasteiger partial charge in [-0.05, 0) is 35.9 Å². The SMILES string of the molecule is COc1cccc([C@H](NC(=O)c2ccc3ncsc3c2)c2nccn2C)c1. The molecule has 1 amide bonds. The summed E-state index contributed by atoms with van der Waals surface area (Å²) in [5.41, 5.74) is 4.16. The lowest BCUT2D eigenvalue weighted by molar-refractivity contribution is 0.0941. The van der Waals surface area contributed by atoms with Gasteiger partial charge in [-0.1, -0.05) is 12.1 Å². The van der Waals surface area contributed by atoms with Gasteiger partial charge in [0.15, 0.2) is 0 Å². The Kier molecular flexibility index (Phi) is 4.60. The molecule has 136 valence electrons. The molecule has 0 spiro atoms. The smallest absolute Gasteiger partial charge is 0.252 e. The molecule has 1 N–H and O–H groups in total. The standard InChI is InChI=1S/C20H18N4O2S/c1-24-9-8-21-19(24)18(13-4-3-5-15(10-13)26-2)23-20(25)14-6-7-16-17(11-14)27-12-22-16/h3-12,18H,1-2H3,(H,23,25)/t18-/m0/s1. The number of rotatable bonds is 5. The molecule has 0 aliphatic rings. The summed E-state index contributed by atoms with van der Waals surface area (Å²) in [6.45, 7) is 0. The number of nitrogens with zero attached hydrogens (tertiary/aromatic N) is 3. The van der Waals surface area contributed by atoms with Gasteiger partial charge in [0.1, 0.15) is 17.6 Å². The van der Waals surface area contributed by atoms with Gasteiger partial charge in [-0.3, -0.25) is 4.79 Å². The number of ether oxygens (including phenoxy) is 1. The fourth-order valence-electron chi connectivity index (χ4n) is 2.98. The van der Waals surface area contributed by atoms with Crippen molar-refractivity contribution in [2.75, 3.05) is 7.11 Å². The Morgan fingerprint density at radius 3 is 2.89 bits per heavy atom. The summed E-state index contributed by atoms with van der Waals surface area (Å²) in [7, 11) is 3.53. The van der Waals surface area contributed by atoms with Crippen LogP contribution in [0.5, 0.6) is 5.75 Å². The predicted octanol–water partition coefficient (Wildman–Crippen LogP) is 3.56. The molecule has 4 rings (SSSR count). The van der Waals surface area contributed by atoms with Crippen LogP contribution in [0.1, 0.15) is 27.8 Å². The predicted molar refractivity (Wildman–Crippen MR) is 105 cm³/mol. The van der Waals surface area contributed by atoms with Gasteiger partial charge in [0, 0.05) is 25.0 Å². The average molecular weight is 378 g/mol. The highest BCUT2D eigenvalue weighted by atomic mass is 32.1. The highest BCUT2D eigenvalue weighted by molar-refractivity contribution is 7.16. The van der Waals surface area contributed by atoms with Crippen molar-refractivity contribution in [3.63, 3.8) is 0 Å². The van der Waals surface area contributed by atoms with E-state index in [0.29, 0.717) is 5.56 Å². The minimum absolute atomic E-state index is 0.166. The van der Waals surface area contributed by atoms with Gasteiger partial charge in [-0.25, -0.2) is 9.97 Å². The summed E-state index contributed by atoms with van der Waals surface area (Å²) in [6.07, 6.45) is 3.58. The monoisotopic (exact) mass is 378 g/mol. The molecule has 2 aromatic carbocycles. The van der Waals surface area contributed by atoms with Crippen molar-refractivity contribution >= 4 is 27.5 Å². The second kappa shape index (κ2) is 7.20. The summed E-state index contributed by atoms with van der Waals surface area (Å²) < 4.78 is 8.22. The molecule has 0 unspecified atom stereocenters. The fraction of sp³-hybridized carbons (Fsp3) is 0.150. The average Bonchev–Trinajstić information content (AvgIpc) is 3.34. The summed E-state index contributed by atoms with van der Waals surface area (Å²) in [6, 6.07) is 12.8. The Labute approximate surface area is 160 Å². The zero-order chi connectivity index (χ0) is 18.8. The molecule has 0 radical (unpaired) electrons. The number of hydrogen-bond acceptors (Lipinski definition) is 5. The van der Waals surface area contributed by atoms with Gasteiger partial charge in [-0.15, -0.1) is 11.3 Å². The van der Waals surface area contributed by atoms with Crippen LogP contribution in [0, 0.1) is 0 Å². The lowest BCUT2D eigenvalue weighted by Crippen LogP contribution is -2.31. The van der Waals surface area contributed by atoms with Crippen molar-refractivity contribution < 1.29 is 9.53 Å². The topological polar surface area (TPSA) is 69.0 Å². The van der Waals surface area contributed by atoms with E-state index in [1.807, 2.05) is 54.2 Å². The zero-order valence-corrected chi connectivity index (χ0v) is 15.7. The number of aryl methyl sites for hydroxylation is 1. The maximum atomic E-state index is 13.0. The van der Waals surface area contributed by atoms with Gasteiger partial charge in [0.2, 0.25) is 0 Å². The van der Waals surface area contributed by atoms with E-state index in [1.54, 1.807) is 24.9 Å². The van der Waals surface area contributed by atoms with Crippen molar-refractivity contribution in [1.82, 2.24) is 19.9 Å². The molecule has 0 saturated carbocycles. The Morgan fingerprint density at radius 1 is 1.22 bits per heavy atom. The summed E-state index contributed by atoms with van der Waals surface area (Å²) in [5.74, 6) is 1.31. The van der Waals surface area contributed by atoms with E-state index in [2.05, 4.69) is 15.3 Å². The summed E-state index contributed by atoms with van der Waals surface area (Å²) in [4.78, 5) is 21.7. The van der Waals surface area contributed by atoms with E-state index in [4.69, 9.17) is 4.74 Å². The summed E-state index contributed by atoms with van der Waals surface area (Å²) >= 11 is 1.52. The van der Waals surface area contributed by atoms with Gasteiger partial charge >= 0.3 is 0 Å². The molecule has 1 atom stereocenters. The Balaban J connectivity index is 1.70.